The lowest BCUT2D eigenvalue weighted by atomic mass is 10.1. The van der Waals surface area contributed by atoms with Crippen molar-refractivity contribution in [1.82, 2.24) is 19.9 Å². The average Bonchev–Trinajstić information content (AvgIpc) is 2.95. The fourth-order valence-corrected chi connectivity index (χ4v) is 3.54. The molecular formula is C20H21N5O3. The highest BCUT2D eigenvalue weighted by atomic mass is 16.4. The number of carbonyl (C=O) groups is 2. The number of aromatic amines is 1. The summed E-state index contributed by atoms with van der Waals surface area (Å²) in [5.41, 5.74) is 2.33. The number of aromatic carboxylic acids is 1. The van der Waals surface area contributed by atoms with Gasteiger partial charge in [0.1, 0.15) is 11.5 Å². The summed E-state index contributed by atoms with van der Waals surface area (Å²) in [5, 5.41) is 9.97. The van der Waals surface area contributed by atoms with E-state index < -0.39 is 5.97 Å². The minimum atomic E-state index is -1.01. The number of pyridine rings is 2. The molecule has 28 heavy (non-hydrogen) atoms. The first kappa shape index (κ1) is 18.0. The van der Waals surface area contributed by atoms with E-state index in [0.29, 0.717) is 12.2 Å². The maximum absolute atomic E-state index is 11.6. The predicted molar refractivity (Wildman–Crippen MR) is 105 cm³/mol. The molecule has 0 aromatic carbocycles. The Hall–Kier alpha value is -3.42. The van der Waals surface area contributed by atoms with Gasteiger partial charge in [-0.3, -0.25) is 4.79 Å². The van der Waals surface area contributed by atoms with Gasteiger partial charge in [0.05, 0.1) is 11.3 Å². The molecule has 0 atom stereocenters. The largest absolute Gasteiger partial charge is 0.478 e. The van der Waals surface area contributed by atoms with Crippen LogP contribution in [0.5, 0.6) is 0 Å². The number of H-pyrrole nitrogens is 1. The molecule has 0 aliphatic carbocycles. The third-order valence-electron chi connectivity index (χ3n) is 5.05. The minimum absolute atomic E-state index is 0.101. The number of hydrogen-bond acceptors (Lipinski definition) is 5. The van der Waals surface area contributed by atoms with Gasteiger partial charge in [0.25, 0.3) is 0 Å². The second-order valence-corrected chi connectivity index (χ2v) is 6.86. The van der Waals surface area contributed by atoms with Crippen molar-refractivity contribution >= 4 is 28.7 Å². The van der Waals surface area contributed by atoms with Crippen LogP contribution in [0.4, 0.5) is 5.82 Å². The molecule has 0 spiro atoms. The molecule has 144 valence electrons. The third kappa shape index (κ3) is 3.40. The van der Waals surface area contributed by atoms with Gasteiger partial charge in [-0.05, 0) is 24.6 Å². The number of carbonyl (C=O) groups excluding carboxylic acids is 1. The molecule has 0 unspecified atom stereocenters. The molecule has 2 N–H and O–H groups in total. The van der Waals surface area contributed by atoms with Crippen LogP contribution in [0.2, 0.25) is 0 Å². The van der Waals surface area contributed by atoms with Gasteiger partial charge in [0, 0.05) is 56.4 Å². The van der Waals surface area contributed by atoms with E-state index in [1.165, 1.54) is 6.20 Å². The first-order valence-electron chi connectivity index (χ1n) is 9.21. The van der Waals surface area contributed by atoms with Crippen LogP contribution in [0.3, 0.4) is 0 Å². The van der Waals surface area contributed by atoms with Crippen LogP contribution in [-0.2, 0) is 4.79 Å². The Labute approximate surface area is 161 Å². The Kier molecular flexibility index (Phi) is 4.68. The minimum Gasteiger partial charge on any atom is -0.478 e. The Morgan fingerprint density at radius 1 is 1.18 bits per heavy atom. The van der Waals surface area contributed by atoms with Gasteiger partial charge >= 0.3 is 5.97 Å². The molecule has 1 amide bonds. The van der Waals surface area contributed by atoms with Crippen LogP contribution in [-0.4, -0.2) is 63.0 Å². The van der Waals surface area contributed by atoms with Crippen molar-refractivity contribution in [2.45, 2.75) is 13.3 Å². The summed E-state index contributed by atoms with van der Waals surface area (Å²) in [5.74, 6) is -0.0634. The second kappa shape index (κ2) is 7.30. The summed E-state index contributed by atoms with van der Waals surface area (Å²) in [6, 6.07) is 7.42. The van der Waals surface area contributed by atoms with E-state index in [2.05, 4.69) is 14.9 Å². The zero-order valence-corrected chi connectivity index (χ0v) is 15.6. The van der Waals surface area contributed by atoms with Gasteiger partial charge in [0.2, 0.25) is 5.91 Å². The standard InChI is InChI=1S/C20H21N5O3/c1-13(26)24-6-3-7-25(9-8-24)18-5-2-4-17(23-18)16-12-22-19-15(16)10-14(11-21-19)20(27)28/h2,4-5,10-12H,3,6-9H2,1H3,(H,21,22)(H,27,28). The van der Waals surface area contributed by atoms with Crippen molar-refractivity contribution in [3.05, 3.63) is 42.2 Å². The van der Waals surface area contributed by atoms with Crippen molar-refractivity contribution in [1.29, 1.82) is 0 Å². The number of fused-ring (bicyclic) bond motifs is 1. The van der Waals surface area contributed by atoms with Crippen molar-refractivity contribution in [2.24, 2.45) is 0 Å². The second-order valence-electron chi connectivity index (χ2n) is 6.86. The Bertz CT molecular complexity index is 1050. The smallest absolute Gasteiger partial charge is 0.337 e. The molecule has 4 rings (SSSR count). The van der Waals surface area contributed by atoms with Gasteiger partial charge < -0.3 is 19.9 Å². The monoisotopic (exact) mass is 379 g/mol. The quantitative estimate of drug-likeness (QED) is 0.724. The van der Waals surface area contributed by atoms with E-state index >= 15 is 0 Å². The number of anilines is 1. The van der Waals surface area contributed by atoms with E-state index in [9.17, 15) is 14.7 Å². The molecule has 8 nitrogen and oxygen atoms in total. The fraction of sp³-hybridized carbons (Fsp3) is 0.300. The van der Waals surface area contributed by atoms with Crippen LogP contribution < -0.4 is 4.90 Å². The third-order valence-corrected chi connectivity index (χ3v) is 5.05. The molecule has 0 radical (unpaired) electrons. The summed E-state index contributed by atoms with van der Waals surface area (Å²) in [6.07, 6.45) is 4.03. The molecule has 0 saturated carbocycles. The number of aromatic nitrogens is 3. The molecule has 1 aliphatic rings. The summed E-state index contributed by atoms with van der Waals surface area (Å²) in [7, 11) is 0. The lowest BCUT2D eigenvalue weighted by molar-refractivity contribution is -0.128. The summed E-state index contributed by atoms with van der Waals surface area (Å²) in [6.45, 7) is 4.61. The van der Waals surface area contributed by atoms with E-state index in [-0.39, 0.29) is 11.5 Å². The number of carboxylic acids is 1. The van der Waals surface area contributed by atoms with Crippen LogP contribution in [0, 0.1) is 0 Å². The zero-order chi connectivity index (χ0) is 19.7. The summed E-state index contributed by atoms with van der Waals surface area (Å²) >= 11 is 0. The van der Waals surface area contributed by atoms with Crippen molar-refractivity contribution in [2.75, 3.05) is 31.1 Å². The fourth-order valence-electron chi connectivity index (χ4n) is 3.54. The Balaban J connectivity index is 1.66. The van der Waals surface area contributed by atoms with E-state index in [4.69, 9.17) is 4.98 Å². The number of carboxylic acid groups (broad SMARTS) is 1. The van der Waals surface area contributed by atoms with Crippen LogP contribution in [0.15, 0.2) is 36.7 Å². The van der Waals surface area contributed by atoms with Gasteiger partial charge in [0.15, 0.2) is 0 Å². The number of nitrogens with one attached hydrogen (secondary N) is 1. The predicted octanol–water partition coefficient (Wildman–Crippen LogP) is 2.38. The van der Waals surface area contributed by atoms with Crippen molar-refractivity contribution < 1.29 is 14.7 Å². The number of amides is 1. The Morgan fingerprint density at radius 3 is 2.82 bits per heavy atom. The average molecular weight is 379 g/mol. The van der Waals surface area contributed by atoms with Gasteiger partial charge in [-0.1, -0.05) is 6.07 Å². The topological polar surface area (TPSA) is 102 Å². The lowest BCUT2D eigenvalue weighted by Gasteiger charge is -2.22. The highest BCUT2D eigenvalue weighted by Crippen LogP contribution is 2.28. The molecular weight excluding hydrogens is 358 g/mol. The lowest BCUT2D eigenvalue weighted by Crippen LogP contribution is -2.33. The normalized spacial score (nSPS) is 14.9. The van der Waals surface area contributed by atoms with Gasteiger partial charge in [-0.15, -0.1) is 0 Å². The molecule has 1 saturated heterocycles. The van der Waals surface area contributed by atoms with Gasteiger partial charge in [-0.2, -0.15) is 0 Å². The maximum Gasteiger partial charge on any atom is 0.337 e. The first-order chi connectivity index (χ1) is 13.5. The number of hydrogen-bond donors (Lipinski definition) is 2. The number of nitrogens with zero attached hydrogens (tertiary/aromatic N) is 4. The van der Waals surface area contributed by atoms with E-state index in [0.717, 1.165) is 48.5 Å². The van der Waals surface area contributed by atoms with Crippen LogP contribution in [0.25, 0.3) is 22.3 Å². The molecule has 3 aromatic heterocycles. The van der Waals surface area contributed by atoms with Crippen LogP contribution in [0.1, 0.15) is 23.7 Å². The summed E-state index contributed by atoms with van der Waals surface area (Å²) in [4.78, 5) is 39.0. The molecule has 0 bridgehead atoms. The highest BCUT2D eigenvalue weighted by Gasteiger charge is 2.18. The molecule has 8 heteroatoms. The summed E-state index contributed by atoms with van der Waals surface area (Å²) < 4.78 is 0. The highest BCUT2D eigenvalue weighted by molar-refractivity contribution is 5.98. The van der Waals surface area contributed by atoms with Crippen LogP contribution >= 0.6 is 0 Å². The van der Waals surface area contributed by atoms with E-state index in [1.54, 1.807) is 19.2 Å². The zero-order valence-electron chi connectivity index (χ0n) is 15.6. The molecule has 4 heterocycles. The molecule has 1 fully saturated rings. The number of rotatable bonds is 3. The first-order valence-corrected chi connectivity index (χ1v) is 9.21. The molecule has 3 aromatic rings. The van der Waals surface area contributed by atoms with E-state index in [1.807, 2.05) is 23.1 Å². The van der Waals surface area contributed by atoms with Crippen molar-refractivity contribution in [3.63, 3.8) is 0 Å². The Morgan fingerprint density at radius 2 is 2.04 bits per heavy atom. The van der Waals surface area contributed by atoms with Crippen molar-refractivity contribution in [3.8, 4) is 11.3 Å². The SMILES string of the molecule is CC(=O)N1CCCN(c2cccc(-c3c[nH]c4ncc(C(=O)O)cc34)n2)CC1. The maximum atomic E-state index is 11.6. The van der Waals surface area contributed by atoms with Gasteiger partial charge in [-0.25, -0.2) is 14.8 Å². The molecule has 1 aliphatic heterocycles.